The molecule has 0 radical (unpaired) electrons. The summed E-state index contributed by atoms with van der Waals surface area (Å²) in [7, 11) is 0. The molecule has 0 bridgehead atoms. The summed E-state index contributed by atoms with van der Waals surface area (Å²) in [4.78, 5) is 15.0. The van der Waals surface area contributed by atoms with Crippen molar-refractivity contribution >= 4 is 23.0 Å². The van der Waals surface area contributed by atoms with E-state index in [0.29, 0.717) is 11.3 Å². The lowest BCUT2D eigenvalue weighted by Gasteiger charge is -2.28. The van der Waals surface area contributed by atoms with E-state index in [-0.39, 0.29) is 5.91 Å². The van der Waals surface area contributed by atoms with Crippen LogP contribution in [0.3, 0.4) is 0 Å². The minimum atomic E-state index is -0.134. The van der Waals surface area contributed by atoms with Crippen LogP contribution in [0.25, 0.3) is 11.1 Å². The van der Waals surface area contributed by atoms with Crippen LogP contribution < -0.4 is 16.0 Å². The van der Waals surface area contributed by atoms with Crippen LogP contribution in [0.2, 0.25) is 0 Å². The van der Waals surface area contributed by atoms with E-state index >= 15 is 0 Å². The quantitative estimate of drug-likeness (QED) is 0.678. The molecular formula is C23H23N3O2. The molecule has 1 amide bonds. The van der Waals surface area contributed by atoms with Crippen LogP contribution in [0.5, 0.6) is 0 Å². The van der Waals surface area contributed by atoms with Crippen LogP contribution in [0.1, 0.15) is 10.4 Å². The number of nitrogen functional groups attached to an aromatic ring is 1. The minimum absolute atomic E-state index is 0.134. The maximum Gasteiger partial charge on any atom is 0.255 e. The molecule has 0 saturated carbocycles. The number of amides is 1. The molecule has 0 atom stereocenters. The molecule has 0 aromatic heterocycles. The van der Waals surface area contributed by atoms with Gasteiger partial charge in [-0.1, -0.05) is 24.3 Å². The number of nitrogens with two attached hydrogens (primary N) is 1. The van der Waals surface area contributed by atoms with Gasteiger partial charge in [0.05, 0.1) is 13.2 Å². The van der Waals surface area contributed by atoms with Crippen molar-refractivity contribution in [1.29, 1.82) is 0 Å². The highest BCUT2D eigenvalue weighted by atomic mass is 16.5. The van der Waals surface area contributed by atoms with Gasteiger partial charge in [-0.15, -0.1) is 0 Å². The van der Waals surface area contributed by atoms with Crippen LogP contribution in [0, 0.1) is 0 Å². The Labute approximate surface area is 164 Å². The number of rotatable bonds is 4. The number of nitrogens with zero attached hydrogens (tertiary/aromatic N) is 1. The molecule has 142 valence electrons. The van der Waals surface area contributed by atoms with Gasteiger partial charge in [-0.2, -0.15) is 0 Å². The number of hydrogen-bond donors (Lipinski definition) is 2. The summed E-state index contributed by atoms with van der Waals surface area (Å²) in [6.45, 7) is 3.29. The summed E-state index contributed by atoms with van der Waals surface area (Å²) in [6.07, 6.45) is 0. The summed E-state index contributed by atoms with van der Waals surface area (Å²) in [5.74, 6) is -0.134. The molecule has 1 aliphatic heterocycles. The highest BCUT2D eigenvalue weighted by Gasteiger charge is 2.12. The first-order valence-electron chi connectivity index (χ1n) is 9.39. The van der Waals surface area contributed by atoms with Crippen LogP contribution in [0.4, 0.5) is 17.1 Å². The van der Waals surface area contributed by atoms with Gasteiger partial charge in [0.1, 0.15) is 0 Å². The van der Waals surface area contributed by atoms with Gasteiger partial charge >= 0.3 is 0 Å². The number of nitrogens with one attached hydrogen (secondary N) is 1. The van der Waals surface area contributed by atoms with Gasteiger partial charge in [-0.05, 0) is 59.7 Å². The predicted octanol–water partition coefficient (Wildman–Crippen LogP) is 4.02. The SMILES string of the molecule is Nc1cccc(-c2cccc(C(=O)Nc3ccc(N4CCOCC4)cc3)c2)c1. The van der Waals surface area contributed by atoms with Crippen LogP contribution in [0.15, 0.2) is 72.8 Å². The lowest BCUT2D eigenvalue weighted by Crippen LogP contribution is -2.36. The third-order valence-corrected chi connectivity index (χ3v) is 4.85. The van der Waals surface area contributed by atoms with Crippen LogP contribution in [-0.2, 0) is 4.74 Å². The Morgan fingerprint density at radius 1 is 0.893 bits per heavy atom. The molecule has 1 saturated heterocycles. The molecule has 3 aromatic rings. The summed E-state index contributed by atoms with van der Waals surface area (Å²) < 4.78 is 5.39. The molecule has 1 fully saturated rings. The van der Waals surface area contributed by atoms with Gasteiger partial charge < -0.3 is 20.7 Å². The zero-order valence-corrected chi connectivity index (χ0v) is 15.6. The fourth-order valence-corrected chi connectivity index (χ4v) is 3.34. The van der Waals surface area contributed by atoms with Crippen molar-refractivity contribution in [1.82, 2.24) is 0 Å². The molecule has 3 N–H and O–H groups in total. The number of ether oxygens (including phenoxy) is 1. The van der Waals surface area contributed by atoms with Crippen molar-refractivity contribution in [2.45, 2.75) is 0 Å². The molecule has 4 rings (SSSR count). The maximum atomic E-state index is 12.7. The minimum Gasteiger partial charge on any atom is -0.399 e. The van der Waals surface area contributed by atoms with E-state index in [1.807, 2.05) is 72.8 Å². The van der Waals surface area contributed by atoms with Crippen molar-refractivity contribution in [3.63, 3.8) is 0 Å². The first-order chi connectivity index (χ1) is 13.7. The largest absolute Gasteiger partial charge is 0.399 e. The maximum absolute atomic E-state index is 12.7. The van der Waals surface area contributed by atoms with Gasteiger partial charge in [0.25, 0.3) is 5.91 Å². The standard InChI is InChI=1S/C23H23N3O2/c24-20-6-2-4-18(16-20)17-3-1-5-19(15-17)23(27)25-21-7-9-22(10-8-21)26-11-13-28-14-12-26/h1-10,15-16H,11-14,24H2,(H,25,27). The van der Waals surface area contributed by atoms with E-state index in [1.165, 1.54) is 0 Å². The van der Waals surface area contributed by atoms with Crippen molar-refractivity contribution in [3.05, 3.63) is 78.4 Å². The average Bonchev–Trinajstić information content (AvgIpc) is 2.75. The third-order valence-electron chi connectivity index (χ3n) is 4.85. The molecule has 1 heterocycles. The van der Waals surface area contributed by atoms with Crippen molar-refractivity contribution in [2.24, 2.45) is 0 Å². The lowest BCUT2D eigenvalue weighted by atomic mass is 10.0. The van der Waals surface area contributed by atoms with Gasteiger partial charge in [-0.25, -0.2) is 0 Å². The van der Waals surface area contributed by atoms with Crippen LogP contribution >= 0.6 is 0 Å². The fourth-order valence-electron chi connectivity index (χ4n) is 3.34. The Morgan fingerprint density at radius 3 is 2.29 bits per heavy atom. The molecule has 5 heteroatoms. The number of anilines is 3. The number of carbonyl (C=O) groups is 1. The topological polar surface area (TPSA) is 67.6 Å². The summed E-state index contributed by atoms with van der Waals surface area (Å²) in [6, 6.07) is 23.1. The van der Waals surface area contributed by atoms with Crippen molar-refractivity contribution in [3.8, 4) is 11.1 Å². The summed E-state index contributed by atoms with van der Waals surface area (Å²) in [5, 5.41) is 2.97. The number of benzene rings is 3. The number of morpholine rings is 1. The Kier molecular flexibility index (Phi) is 5.26. The number of hydrogen-bond acceptors (Lipinski definition) is 4. The Morgan fingerprint density at radius 2 is 1.57 bits per heavy atom. The summed E-state index contributed by atoms with van der Waals surface area (Å²) >= 11 is 0. The highest BCUT2D eigenvalue weighted by molar-refractivity contribution is 6.05. The Balaban J connectivity index is 1.47. The van der Waals surface area contributed by atoms with Gasteiger partial charge in [0.15, 0.2) is 0 Å². The molecule has 1 aliphatic rings. The van der Waals surface area contributed by atoms with E-state index in [1.54, 1.807) is 0 Å². The lowest BCUT2D eigenvalue weighted by molar-refractivity contribution is 0.102. The molecular weight excluding hydrogens is 350 g/mol. The molecule has 0 aliphatic carbocycles. The normalized spacial score (nSPS) is 13.9. The Hall–Kier alpha value is -3.31. The summed E-state index contributed by atoms with van der Waals surface area (Å²) in [5.41, 5.74) is 11.1. The van der Waals surface area contributed by atoms with Crippen molar-refractivity contribution < 1.29 is 9.53 Å². The second-order valence-electron chi connectivity index (χ2n) is 6.81. The molecule has 3 aromatic carbocycles. The number of carbonyl (C=O) groups excluding carboxylic acids is 1. The van der Waals surface area contributed by atoms with Gasteiger partial charge in [-0.3, -0.25) is 4.79 Å². The second kappa shape index (κ2) is 8.15. The molecule has 0 unspecified atom stereocenters. The third kappa shape index (κ3) is 4.15. The van der Waals surface area contributed by atoms with E-state index in [0.717, 1.165) is 48.8 Å². The van der Waals surface area contributed by atoms with Gasteiger partial charge in [0, 0.05) is 35.7 Å². The van der Waals surface area contributed by atoms with E-state index in [9.17, 15) is 4.79 Å². The zero-order chi connectivity index (χ0) is 19.3. The van der Waals surface area contributed by atoms with Crippen molar-refractivity contribution in [2.75, 3.05) is 42.3 Å². The fraction of sp³-hybridized carbons (Fsp3) is 0.174. The first-order valence-corrected chi connectivity index (χ1v) is 9.39. The molecule has 5 nitrogen and oxygen atoms in total. The smallest absolute Gasteiger partial charge is 0.255 e. The monoisotopic (exact) mass is 373 g/mol. The second-order valence-corrected chi connectivity index (χ2v) is 6.81. The average molecular weight is 373 g/mol. The highest BCUT2D eigenvalue weighted by Crippen LogP contribution is 2.23. The first kappa shape index (κ1) is 18.1. The van der Waals surface area contributed by atoms with E-state index < -0.39 is 0 Å². The van der Waals surface area contributed by atoms with E-state index in [4.69, 9.17) is 10.5 Å². The van der Waals surface area contributed by atoms with E-state index in [2.05, 4.69) is 10.2 Å². The van der Waals surface area contributed by atoms with Gasteiger partial charge in [0.2, 0.25) is 0 Å². The molecule has 0 spiro atoms. The predicted molar refractivity (Wildman–Crippen MR) is 114 cm³/mol. The molecule has 28 heavy (non-hydrogen) atoms. The zero-order valence-electron chi connectivity index (χ0n) is 15.6. The van der Waals surface area contributed by atoms with Crippen LogP contribution in [-0.4, -0.2) is 32.2 Å². The Bertz CT molecular complexity index is 964.